The molecule has 10 heteroatoms. The summed E-state index contributed by atoms with van der Waals surface area (Å²) in [5, 5.41) is 3.48. The smallest absolute Gasteiger partial charge is 0.329 e. The Labute approximate surface area is 164 Å². The Kier molecular flexibility index (Phi) is 5.50. The molecule has 0 radical (unpaired) electrons. The lowest BCUT2D eigenvalue weighted by atomic mass is 10.2. The van der Waals surface area contributed by atoms with E-state index in [9.17, 15) is 22.8 Å². The van der Waals surface area contributed by atoms with Gasteiger partial charge in [-0.25, -0.2) is 4.79 Å². The summed E-state index contributed by atoms with van der Waals surface area (Å²) in [5.41, 5.74) is 4.91. The summed E-state index contributed by atoms with van der Waals surface area (Å²) in [6.45, 7) is 6.64. The molecule has 2 heterocycles. The maximum Gasteiger partial charge on any atom is 0.390 e. The molecule has 6 nitrogen and oxygen atoms in total. The lowest BCUT2D eigenvalue weighted by molar-refractivity contribution is -0.136. The predicted molar refractivity (Wildman–Crippen MR) is 104 cm³/mol. The molecule has 1 atom stereocenters. The van der Waals surface area contributed by atoms with E-state index in [4.69, 9.17) is 5.73 Å². The first-order valence-corrected chi connectivity index (χ1v) is 10.0. The van der Waals surface area contributed by atoms with Crippen LogP contribution >= 0.6 is 11.3 Å². The molecule has 2 aromatic heterocycles. The summed E-state index contributed by atoms with van der Waals surface area (Å²) in [4.78, 5) is 27.3. The highest BCUT2D eigenvalue weighted by Crippen LogP contribution is 2.54. The Hall–Kier alpha value is -1.65. The number of aryl methyl sites for hydroxylation is 2. The topological polar surface area (TPSA) is 82.1 Å². The Balaban J connectivity index is 2.18. The second-order valence-electron chi connectivity index (χ2n) is 7.98. The number of hydrogen-bond donors (Lipinski definition) is 2. The number of nitrogens with one attached hydrogen (secondary N) is 1. The highest BCUT2D eigenvalue weighted by atomic mass is 32.1. The van der Waals surface area contributed by atoms with E-state index in [1.165, 1.54) is 11.3 Å². The van der Waals surface area contributed by atoms with Gasteiger partial charge in [-0.05, 0) is 24.3 Å². The normalized spacial score (nSPS) is 18.8. The zero-order chi connectivity index (χ0) is 20.9. The predicted octanol–water partition coefficient (Wildman–Crippen LogP) is 2.50. The summed E-state index contributed by atoms with van der Waals surface area (Å²) in [5.74, 6) is 0. The van der Waals surface area contributed by atoms with Crippen molar-refractivity contribution in [1.29, 1.82) is 0 Å². The molecule has 0 bridgehead atoms. The Morgan fingerprint density at radius 2 is 1.96 bits per heavy atom. The van der Waals surface area contributed by atoms with Crippen molar-refractivity contribution in [3.63, 3.8) is 0 Å². The fourth-order valence-electron chi connectivity index (χ4n) is 3.47. The average Bonchev–Trinajstić information content (AvgIpc) is 3.06. The number of halogens is 3. The first kappa shape index (κ1) is 21.1. The van der Waals surface area contributed by atoms with Gasteiger partial charge in [-0.2, -0.15) is 13.2 Å². The number of nitrogens with two attached hydrogens (primary N) is 1. The third-order valence-electron chi connectivity index (χ3n) is 5.34. The van der Waals surface area contributed by atoms with Gasteiger partial charge in [-0.1, -0.05) is 13.8 Å². The minimum absolute atomic E-state index is 0.214. The molecule has 28 heavy (non-hydrogen) atoms. The lowest BCUT2D eigenvalue weighted by Crippen LogP contribution is -2.40. The maximum atomic E-state index is 13.1. The zero-order valence-electron chi connectivity index (χ0n) is 16.2. The van der Waals surface area contributed by atoms with Gasteiger partial charge in [0.25, 0.3) is 5.56 Å². The van der Waals surface area contributed by atoms with Crippen LogP contribution in [0.15, 0.2) is 9.59 Å². The van der Waals surface area contributed by atoms with Crippen molar-refractivity contribution in [2.45, 2.75) is 58.9 Å². The van der Waals surface area contributed by atoms with Crippen molar-refractivity contribution in [2.24, 2.45) is 11.1 Å². The van der Waals surface area contributed by atoms with E-state index in [2.05, 4.69) is 5.32 Å². The van der Waals surface area contributed by atoms with Crippen LogP contribution in [0.5, 0.6) is 0 Å². The summed E-state index contributed by atoms with van der Waals surface area (Å²) in [6.07, 6.45) is -4.85. The highest BCUT2D eigenvalue weighted by molar-refractivity contribution is 7.18. The van der Waals surface area contributed by atoms with Crippen molar-refractivity contribution in [3.05, 3.63) is 31.3 Å². The average molecular weight is 418 g/mol. The van der Waals surface area contributed by atoms with Crippen molar-refractivity contribution in [1.82, 2.24) is 14.5 Å². The van der Waals surface area contributed by atoms with Crippen LogP contribution in [-0.2, 0) is 13.1 Å². The number of nitrogens with zero attached hydrogens (tertiary/aromatic N) is 2. The van der Waals surface area contributed by atoms with Crippen LogP contribution in [-0.4, -0.2) is 28.4 Å². The molecule has 156 valence electrons. The van der Waals surface area contributed by atoms with E-state index in [0.717, 1.165) is 14.0 Å². The van der Waals surface area contributed by atoms with Gasteiger partial charge < -0.3 is 11.1 Å². The first-order chi connectivity index (χ1) is 13.0. The van der Waals surface area contributed by atoms with Crippen LogP contribution in [0, 0.1) is 12.3 Å². The molecule has 1 saturated carbocycles. The standard InChI is InChI=1S/C18H25F3N4O2S/c1-10-11(9-23-6-5-22)28-15-13(10)14(26)25(12-8-17(12,2)3)16(27)24(15)7-4-18(19,20)21/h12,23H,4-9,22H2,1-3H3. The van der Waals surface area contributed by atoms with Crippen LogP contribution in [0.2, 0.25) is 0 Å². The molecule has 2 aromatic rings. The van der Waals surface area contributed by atoms with Crippen molar-refractivity contribution in [3.8, 4) is 0 Å². The fourth-order valence-corrected chi connectivity index (χ4v) is 4.76. The van der Waals surface area contributed by atoms with Gasteiger partial charge in [-0.3, -0.25) is 13.9 Å². The van der Waals surface area contributed by atoms with Gasteiger partial charge in [-0.15, -0.1) is 11.3 Å². The zero-order valence-corrected chi connectivity index (χ0v) is 17.0. The van der Waals surface area contributed by atoms with E-state index >= 15 is 0 Å². The molecule has 0 aliphatic heterocycles. The van der Waals surface area contributed by atoms with E-state index in [1.807, 2.05) is 13.8 Å². The molecule has 1 fully saturated rings. The number of hydrogen-bond acceptors (Lipinski definition) is 5. The van der Waals surface area contributed by atoms with Gasteiger partial charge >= 0.3 is 11.9 Å². The SMILES string of the molecule is Cc1c(CNCCN)sc2c1c(=O)n(C1CC1(C)C)c(=O)n2CCC(F)(F)F. The second kappa shape index (κ2) is 7.31. The first-order valence-electron chi connectivity index (χ1n) is 9.23. The number of fused-ring (bicyclic) bond motifs is 1. The van der Waals surface area contributed by atoms with E-state index in [0.29, 0.717) is 41.8 Å². The number of aromatic nitrogens is 2. The molecule has 0 amide bonds. The van der Waals surface area contributed by atoms with E-state index < -0.39 is 30.4 Å². The minimum atomic E-state index is -4.39. The summed E-state index contributed by atoms with van der Waals surface area (Å²) >= 11 is 1.20. The van der Waals surface area contributed by atoms with E-state index in [-0.39, 0.29) is 11.5 Å². The minimum Gasteiger partial charge on any atom is -0.329 e. The largest absolute Gasteiger partial charge is 0.390 e. The second-order valence-corrected chi connectivity index (χ2v) is 9.06. The molecular formula is C18H25F3N4O2S. The van der Waals surface area contributed by atoms with Crippen molar-refractivity contribution in [2.75, 3.05) is 13.1 Å². The molecule has 0 spiro atoms. The molecular weight excluding hydrogens is 393 g/mol. The molecule has 3 rings (SSSR count). The molecule has 0 saturated heterocycles. The molecule has 1 aliphatic rings. The van der Waals surface area contributed by atoms with Crippen LogP contribution in [0.25, 0.3) is 10.2 Å². The lowest BCUT2D eigenvalue weighted by Gasteiger charge is -2.14. The van der Waals surface area contributed by atoms with Crippen molar-refractivity contribution < 1.29 is 13.2 Å². The Morgan fingerprint density at radius 1 is 1.32 bits per heavy atom. The summed E-state index contributed by atoms with van der Waals surface area (Å²) in [6, 6.07) is -0.285. The monoisotopic (exact) mass is 418 g/mol. The molecule has 0 aromatic carbocycles. The Bertz CT molecular complexity index is 1000. The van der Waals surface area contributed by atoms with Gasteiger partial charge in [0.2, 0.25) is 0 Å². The highest BCUT2D eigenvalue weighted by Gasteiger charge is 2.49. The number of thiophene rings is 1. The van der Waals surface area contributed by atoms with Crippen LogP contribution in [0.4, 0.5) is 13.2 Å². The third-order valence-corrected chi connectivity index (χ3v) is 6.66. The van der Waals surface area contributed by atoms with Crippen molar-refractivity contribution >= 4 is 21.6 Å². The maximum absolute atomic E-state index is 13.1. The third kappa shape index (κ3) is 3.90. The number of alkyl halides is 3. The van der Waals surface area contributed by atoms with Crippen LogP contribution < -0.4 is 22.3 Å². The van der Waals surface area contributed by atoms with Gasteiger partial charge in [0, 0.05) is 37.1 Å². The van der Waals surface area contributed by atoms with Gasteiger partial charge in [0.15, 0.2) is 0 Å². The number of rotatable bonds is 7. The molecule has 1 aliphatic carbocycles. The summed E-state index contributed by atoms with van der Waals surface area (Å²) in [7, 11) is 0. The quantitative estimate of drug-likeness (QED) is 0.677. The van der Waals surface area contributed by atoms with Crippen LogP contribution in [0.1, 0.15) is 43.2 Å². The van der Waals surface area contributed by atoms with Crippen LogP contribution in [0.3, 0.4) is 0 Å². The van der Waals surface area contributed by atoms with E-state index in [1.54, 1.807) is 6.92 Å². The van der Waals surface area contributed by atoms with Gasteiger partial charge in [0.1, 0.15) is 4.83 Å². The molecule has 3 N–H and O–H groups in total. The van der Waals surface area contributed by atoms with Gasteiger partial charge in [0.05, 0.1) is 11.8 Å². The Morgan fingerprint density at radius 3 is 2.50 bits per heavy atom. The summed E-state index contributed by atoms with van der Waals surface area (Å²) < 4.78 is 40.8. The fraction of sp³-hybridized carbons (Fsp3) is 0.667. The molecule has 1 unspecified atom stereocenters.